The Labute approximate surface area is 99.6 Å². The third-order valence-corrected chi connectivity index (χ3v) is 2.67. The molecule has 1 N–H and O–H groups in total. The highest BCUT2D eigenvalue weighted by Gasteiger charge is 2.23. The number of hydrogen-bond acceptors (Lipinski definition) is 3. The van der Waals surface area contributed by atoms with E-state index in [1.807, 2.05) is 30.8 Å². The molecule has 1 saturated heterocycles. The van der Waals surface area contributed by atoms with E-state index in [4.69, 9.17) is 0 Å². The number of piperazine rings is 1. The lowest BCUT2D eigenvalue weighted by molar-refractivity contribution is -0.141. The zero-order chi connectivity index (χ0) is 12.4. The highest BCUT2D eigenvalue weighted by Crippen LogP contribution is 2.08. The summed E-state index contributed by atoms with van der Waals surface area (Å²) in [5.74, 6) is -0.184. The Balaban J connectivity index is 2.03. The van der Waals surface area contributed by atoms with Gasteiger partial charge in [-0.2, -0.15) is 5.10 Å². The molecule has 92 valence electrons. The fraction of sp³-hybridized carbons (Fsp3) is 0.545. The van der Waals surface area contributed by atoms with Gasteiger partial charge in [0.1, 0.15) is 0 Å². The zero-order valence-electron chi connectivity index (χ0n) is 10.0. The third-order valence-electron chi connectivity index (χ3n) is 2.67. The fourth-order valence-electron chi connectivity index (χ4n) is 1.69. The van der Waals surface area contributed by atoms with E-state index in [1.165, 1.54) is 4.90 Å². The Hall–Kier alpha value is -1.85. The van der Waals surface area contributed by atoms with Crippen molar-refractivity contribution >= 4 is 11.8 Å². The van der Waals surface area contributed by atoms with Crippen LogP contribution in [-0.4, -0.2) is 39.6 Å². The molecule has 2 heterocycles. The summed E-state index contributed by atoms with van der Waals surface area (Å²) < 4.78 is 1.84. The second-order valence-electron chi connectivity index (χ2n) is 4.41. The molecule has 0 unspecified atom stereocenters. The maximum atomic E-state index is 11.6. The molecule has 17 heavy (non-hydrogen) atoms. The van der Waals surface area contributed by atoms with E-state index in [9.17, 15) is 9.59 Å². The lowest BCUT2D eigenvalue weighted by Gasteiger charge is -2.25. The van der Waals surface area contributed by atoms with Crippen LogP contribution in [0.4, 0.5) is 0 Å². The van der Waals surface area contributed by atoms with Crippen LogP contribution in [-0.2, 0) is 16.1 Å². The average molecular weight is 236 g/mol. The van der Waals surface area contributed by atoms with Gasteiger partial charge >= 0.3 is 0 Å². The monoisotopic (exact) mass is 236 g/mol. The molecule has 0 spiro atoms. The van der Waals surface area contributed by atoms with Crippen molar-refractivity contribution < 1.29 is 9.59 Å². The van der Waals surface area contributed by atoms with Crippen molar-refractivity contribution in [1.82, 2.24) is 20.0 Å². The van der Waals surface area contributed by atoms with Gasteiger partial charge in [-0.3, -0.25) is 14.3 Å². The summed E-state index contributed by atoms with van der Waals surface area (Å²) in [6, 6.07) is 2.17. The van der Waals surface area contributed by atoms with E-state index in [1.54, 1.807) is 0 Å². The number of amides is 2. The molecular weight excluding hydrogens is 220 g/mol. The smallest absolute Gasteiger partial charge is 0.242 e. The predicted octanol–water partition coefficient (Wildman–Crippen LogP) is -0.0776. The zero-order valence-corrected chi connectivity index (χ0v) is 10.0. The van der Waals surface area contributed by atoms with E-state index in [2.05, 4.69) is 10.4 Å². The normalized spacial score (nSPS) is 16.5. The van der Waals surface area contributed by atoms with Crippen LogP contribution >= 0.6 is 0 Å². The molecule has 2 amide bonds. The number of carbonyl (C=O) groups is 2. The quantitative estimate of drug-likeness (QED) is 0.798. The number of nitrogens with one attached hydrogen (secondary N) is 1. The van der Waals surface area contributed by atoms with Crippen molar-refractivity contribution in [2.75, 3.05) is 13.1 Å². The molecule has 1 aromatic heterocycles. The Bertz CT molecular complexity index is 438. The Morgan fingerprint density at radius 3 is 2.88 bits per heavy atom. The van der Waals surface area contributed by atoms with Crippen molar-refractivity contribution in [3.63, 3.8) is 0 Å². The van der Waals surface area contributed by atoms with Gasteiger partial charge in [0.2, 0.25) is 11.8 Å². The van der Waals surface area contributed by atoms with Crippen molar-refractivity contribution in [3.05, 3.63) is 18.0 Å². The van der Waals surface area contributed by atoms with Gasteiger partial charge in [-0.25, -0.2) is 0 Å². The van der Waals surface area contributed by atoms with Crippen LogP contribution < -0.4 is 5.32 Å². The highest BCUT2D eigenvalue weighted by molar-refractivity contribution is 5.92. The van der Waals surface area contributed by atoms with Crippen LogP contribution in [0, 0.1) is 0 Å². The van der Waals surface area contributed by atoms with Crippen LogP contribution in [0.2, 0.25) is 0 Å². The first-order valence-corrected chi connectivity index (χ1v) is 5.65. The minimum Gasteiger partial charge on any atom is -0.345 e. The molecule has 6 heteroatoms. The van der Waals surface area contributed by atoms with Gasteiger partial charge in [0.05, 0.1) is 25.3 Å². The summed E-state index contributed by atoms with van der Waals surface area (Å²) in [6.45, 7) is 4.68. The predicted molar refractivity (Wildman–Crippen MR) is 61.0 cm³/mol. The van der Waals surface area contributed by atoms with E-state index >= 15 is 0 Å². The van der Waals surface area contributed by atoms with E-state index in [0.29, 0.717) is 12.6 Å². The van der Waals surface area contributed by atoms with Gasteiger partial charge in [-0.1, -0.05) is 0 Å². The molecule has 0 aliphatic carbocycles. The maximum absolute atomic E-state index is 11.6. The molecule has 6 nitrogen and oxygen atoms in total. The second-order valence-corrected chi connectivity index (χ2v) is 4.41. The van der Waals surface area contributed by atoms with Gasteiger partial charge in [0.25, 0.3) is 0 Å². The second kappa shape index (κ2) is 4.57. The van der Waals surface area contributed by atoms with Crippen molar-refractivity contribution in [2.45, 2.75) is 26.4 Å². The first kappa shape index (κ1) is 11.6. The first-order valence-electron chi connectivity index (χ1n) is 5.65. The van der Waals surface area contributed by atoms with Crippen molar-refractivity contribution in [3.8, 4) is 0 Å². The molecule has 0 saturated carbocycles. The van der Waals surface area contributed by atoms with Gasteiger partial charge in [-0.15, -0.1) is 0 Å². The summed E-state index contributed by atoms with van der Waals surface area (Å²) in [4.78, 5) is 24.3. The summed E-state index contributed by atoms with van der Waals surface area (Å²) in [5.41, 5.74) is 0.807. The van der Waals surface area contributed by atoms with Gasteiger partial charge in [0.15, 0.2) is 0 Å². The topological polar surface area (TPSA) is 67.2 Å². The molecular formula is C11H16N4O2. The largest absolute Gasteiger partial charge is 0.345 e. The van der Waals surface area contributed by atoms with Gasteiger partial charge in [-0.05, 0) is 19.9 Å². The lowest BCUT2D eigenvalue weighted by Crippen LogP contribution is -2.51. The molecule has 1 aliphatic heterocycles. The van der Waals surface area contributed by atoms with E-state index in [0.717, 1.165) is 5.69 Å². The van der Waals surface area contributed by atoms with E-state index in [-0.39, 0.29) is 24.9 Å². The molecule has 0 aromatic carbocycles. The molecule has 1 aromatic rings. The number of hydrogen-bond donors (Lipinski definition) is 1. The highest BCUT2D eigenvalue weighted by atomic mass is 16.2. The Kier molecular flexibility index (Phi) is 3.12. The first-order chi connectivity index (χ1) is 8.06. The summed E-state index contributed by atoms with van der Waals surface area (Å²) in [6.07, 6.45) is 1.88. The number of rotatable bonds is 3. The molecule has 0 atom stereocenters. The Morgan fingerprint density at radius 1 is 1.47 bits per heavy atom. The van der Waals surface area contributed by atoms with Gasteiger partial charge < -0.3 is 10.2 Å². The molecule has 1 fully saturated rings. The maximum Gasteiger partial charge on any atom is 0.242 e. The fourth-order valence-corrected chi connectivity index (χ4v) is 1.69. The number of aromatic nitrogens is 2. The minimum absolute atomic E-state index is 0.0660. The Morgan fingerprint density at radius 2 is 2.24 bits per heavy atom. The van der Waals surface area contributed by atoms with Crippen molar-refractivity contribution in [2.24, 2.45) is 0 Å². The summed E-state index contributed by atoms with van der Waals surface area (Å²) >= 11 is 0. The van der Waals surface area contributed by atoms with Gasteiger partial charge in [0, 0.05) is 12.2 Å². The standard InChI is InChI=1S/C11H16N4O2/c1-8(2)15-4-3-9(13-15)6-14-7-10(16)12-5-11(14)17/h3-4,8H,5-7H2,1-2H3,(H,12,16). The lowest BCUT2D eigenvalue weighted by atomic mass is 10.3. The summed E-state index contributed by atoms with van der Waals surface area (Å²) in [5, 5.41) is 6.87. The van der Waals surface area contributed by atoms with Crippen LogP contribution in [0.1, 0.15) is 25.6 Å². The van der Waals surface area contributed by atoms with Crippen LogP contribution in [0.5, 0.6) is 0 Å². The van der Waals surface area contributed by atoms with E-state index < -0.39 is 0 Å². The molecule has 0 bridgehead atoms. The number of carbonyl (C=O) groups excluding carboxylic acids is 2. The molecule has 1 aliphatic rings. The van der Waals surface area contributed by atoms with Crippen LogP contribution in [0.3, 0.4) is 0 Å². The number of nitrogens with zero attached hydrogens (tertiary/aromatic N) is 3. The van der Waals surface area contributed by atoms with Crippen LogP contribution in [0.25, 0.3) is 0 Å². The molecule has 2 rings (SSSR count). The average Bonchev–Trinajstić information content (AvgIpc) is 2.72. The minimum atomic E-state index is -0.118. The third kappa shape index (κ3) is 2.64. The molecule has 0 radical (unpaired) electrons. The SMILES string of the molecule is CC(C)n1ccc(CN2CC(=O)NCC2=O)n1. The summed E-state index contributed by atoms with van der Waals surface area (Å²) in [7, 11) is 0. The van der Waals surface area contributed by atoms with Crippen LogP contribution in [0.15, 0.2) is 12.3 Å². The van der Waals surface area contributed by atoms with Crippen molar-refractivity contribution in [1.29, 1.82) is 0 Å².